The molecule has 1 aromatic carbocycles. The molecule has 1 aromatic rings. The minimum absolute atomic E-state index is 0.0291. The van der Waals surface area contributed by atoms with Crippen LogP contribution in [0.2, 0.25) is 10.0 Å². The third kappa shape index (κ3) is 2.26. The highest BCUT2D eigenvalue weighted by molar-refractivity contribution is 6.37. The molecule has 1 heterocycles. The summed E-state index contributed by atoms with van der Waals surface area (Å²) in [6.07, 6.45) is 2.17. The highest BCUT2D eigenvalue weighted by atomic mass is 35.5. The van der Waals surface area contributed by atoms with Crippen LogP contribution in [0, 0.1) is 5.92 Å². The van der Waals surface area contributed by atoms with Gasteiger partial charge >= 0.3 is 0 Å². The number of carbonyl (C=O) groups is 1. The largest absolute Gasteiger partial charge is 0.506 e. The highest BCUT2D eigenvalue weighted by Crippen LogP contribution is 2.38. The molecule has 1 saturated heterocycles. The Morgan fingerprint density at radius 2 is 2.12 bits per heavy atom. The van der Waals surface area contributed by atoms with Gasteiger partial charge in [0.05, 0.1) is 15.7 Å². The second-order valence-electron chi connectivity index (χ2n) is 3.96. The van der Waals surface area contributed by atoms with Crippen molar-refractivity contribution in [3.05, 3.63) is 34.8 Å². The van der Waals surface area contributed by atoms with Crippen LogP contribution < -0.4 is 4.90 Å². The number of hydrogen-bond acceptors (Lipinski definition) is 2. The van der Waals surface area contributed by atoms with E-state index in [4.69, 9.17) is 23.2 Å². The number of hydrogen-bond donors (Lipinski definition) is 1. The van der Waals surface area contributed by atoms with Crippen LogP contribution in [0.5, 0.6) is 5.75 Å². The Balaban J connectivity index is 2.38. The Labute approximate surface area is 109 Å². The fourth-order valence-electron chi connectivity index (χ4n) is 1.86. The van der Waals surface area contributed by atoms with Crippen molar-refractivity contribution in [2.45, 2.75) is 6.42 Å². The van der Waals surface area contributed by atoms with Gasteiger partial charge in [0.2, 0.25) is 5.91 Å². The maximum absolute atomic E-state index is 11.8. The molecule has 0 aliphatic carbocycles. The first-order chi connectivity index (χ1) is 8.02. The summed E-state index contributed by atoms with van der Waals surface area (Å²) < 4.78 is 0. The number of phenols is 1. The molecular formula is C12H11Cl2NO2. The summed E-state index contributed by atoms with van der Waals surface area (Å²) in [5.74, 6) is 0.0100. The molecule has 1 N–H and O–H groups in total. The Kier molecular flexibility index (Phi) is 3.31. The van der Waals surface area contributed by atoms with E-state index in [-0.39, 0.29) is 22.6 Å². The summed E-state index contributed by atoms with van der Waals surface area (Å²) in [5, 5.41) is 10.1. The molecule has 1 fully saturated rings. The van der Waals surface area contributed by atoms with Crippen molar-refractivity contribution in [2.24, 2.45) is 5.92 Å². The van der Waals surface area contributed by atoms with Crippen LogP contribution in [0.4, 0.5) is 5.69 Å². The third-order valence-electron chi connectivity index (χ3n) is 2.80. The zero-order chi connectivity index (χ0) is 12.6. The van der Waals surface area contributed by atoms with Gasteiger partial charge in [-0.05, 0) is 6.07 Å². The second-order valence-corrected chi connectivity index (χ2v) is 4.77. The van der Waals surface area contributed by atoms with Gasteiger partial charge in [0.1, 0.15) is 5.75 Å². The summed E-state index contributed by atoms with van der Waals surface area (Å²) in [5.41, 5.74) is 0.489. The molecule has 1 atom stereocenters. The summed E-state index contributed by atoms with van der Waals surface area (Å²) in [6.45, 7) is 4.21. The summed E-state index contributed by atoms with van der Waals surface area (Å²) in [4.78, 5) is 13.3. The normalized spacial score (nSPS) is 19.8. The van der Waals surface area contributed by atoms with Gasteiger partial charge in [-0.25, -0.2) is 0 Å². The number of rotatable bonds is 2. The lowest BCUT2D eigenvalue weighted by molar-refractivity contribution is -0.117. The summed E-state index contributed by atoms with van der Waals surface area (Å²) in [7, 11) is 0. The van der Waals surface area contributed by atoms with Gasteiger partial charge in [-0.3, -0.25) is 4.79 Å². The molecule has 90 valence electrons. The zero-order valence-electron chi connectivity index (χ0n) is 8.99. The van der Waals surface area contributed by atoms with E-state index < -0.39 is 0 Å². The number of nitrogens with zero attached hydrogens (tertiary/aromatic N) is 1. The van der Waals surface area contributed by atoms with E-state index in [0.717, 1.165) is 0 Å². The van der Waals surface area contributed by atoms with Crippen LogP contribution in [0.15, 0.2) is 24.8 Å². The minimum atomic E-state index is -0.0825. The van der Waals surface area contributed by atoms with Gasteiger partial charge in [-0.15, -0.1) is 6.58 Å². The van der Waals surface area contributed by atoms with Gasteiger partial charge in [0, 0.05) is 24.9 Å². The van der Waals surface area contributed by atoms with Gasteiger partial charge in [-0.2, -0.15) is 0 Å². The van der Waals surface area contributed by atoms with Gasteiger partial charge in [0.15, 0.2) is 0 Å². The average Bonchev–Trinajstić information content (AvgIpc) is 2.65. The smallest absolute Gasteiger partial charge is 0.227 e. The maximum Gasteiger partial charge on any atom is 0.227 e. The predicted molar refractivity (Wildman–Crippen MR) is 68.8 cm³/mol. The molecule has 1 amide bonds. The average molecular weight is 272 g/mol. The van der Waals surface area contributed by atoms with Gasteiger partial charge in [-0.1, -0.05) is 29.3 Å². The molecule has 3 nitrogen and oxygen atoms in total. The molecular weight excluding hydrogens is 261 g/mol. The van der Waals surface area contributed by atoms with Crippen molar-refractivity contribution < 1.29 is 9.90 Å². The number of amides is 1. The van der Waals surface area contributed by atoms with E-state index >= 15 is 0 Å². The Morgan fingerprint density at radius 1 is 1.41 bits per heavy atom. The molecule has 0 radical (unpaired) electrons. The lowest BCUT2D eigenvalue weighted by Crippen LogP contribution is -2.24. The first kappa shape index (κ1) is 12.3. The SMILES string of the molecule is C=CC1CC(=O)N(c2cc(O)c(Cl)cc2Cl)C1. The number of anilines is 1. The van der Waals surface area contributed by atoms with Crippen LogP contribution in [0.1, 0.15) is 6.42 Å². The lowest BCUT2D eigenvalue weighted by atomic mass is 10.1. The standard InChI is InChI=1S/C12H11Cl2NO2/c1-2-7-3-12(17)15(6-7)10-5-11(16)9(14)4-8(10)13/h2,4-5,7,16H,1,3,6H2. The number of aromatic hydroxyl groups is 1. The molecule has 0 aromatic heterocycles. The second kappa shape index (κ2) is 4.59. The van der Waals surface area contributed by atoms with Crippen LogP contribution in [-0.2, 0) is 4.79 Å². The van der Waals surface area contributed by atoms with Crippen LogP contribution in [-0.4, -0.2) is 17.6 Å². The molecule has 17 heavy (non-hydrogen) atoms. The van der Waals surface area contributed by atoms with Gasteiger partial charge < -0.3 is 10.0 Å². The minimum Gasteiger partial charge on any atom is -0.506 e. The van der Waals surface area contributed by atoms with Crippen LogP contribution in [0.25, 0.3) is 0 Å². The van der Waals surface area contributed by atoms with Crippen molar-refractivity contribution in [1.82, 2.24) is 0 Å². The molecule has 5 heteroatoms. The fraction of sp³-hybridized carbons (Fsp3) is 0.250. The first-order valence-electron chi connectivity index (χ1n) is 5.14. The van der Waals surface area contributed by atoms with Crippen molar-refractivity contribution in [1.29, 1.82) is 0 Å². The molecule has 0 bridgehead atoms. The van der Waals surface area contributed by atoms with E-state index in [1.165, 1.54) is 12.1 Å². The van der Waals surface area contributed by atoms with E-state index in [1.54, 1.807) is 11.0 Å². The van der Waals surface area contributed by atoms with Crippen molar-refractivity contribution in [2.75, 3.05) is 11.4 Å². The molecule has 1 aliphatic rings. The van der Waals surface area contributed by atoms with E-state index in [0.29, 0.717) is 23.7 Å². The quantitative estimate of drug-likeness (QED) is 0.839. The maximum atomic E-state index is 11.8. The Morgan fingerprint density at radius 3 is 2.71 bits per heavy atom. The number of benzene rings is 1. The van der Waals surface area contributed by atoms with Crippen LogP contribution in [0.3, 0.4) is 0 Å². The Bertz CT molecular complexity index is 488. The number of halogens is 2. The van der Waals surface area contributed by atoms with Crippen molar-refractivity contribution in [3.8, 4) is 5.75 Å². The fourth-order valence-corrected chi connectivity index (χ4v) is 2.34. The molecule has 1 aliphatic heterocycles. The molecule has 0 saturated carbocycles. The monoisotopic (exact) mass is 271 g/mol. The third-order valence-corrected chi connectivity index (χ3v) is 3.40. The Hall–Kier alpha value is -1.19. The van der Waals surface area contributed by atoms with Crippen molar-refractivity contribution >= 4 is 34.8 Å². The first-order valence-corrected chi connectivity index (χ1v) is 5.89. The number of carbonyl (C=O) groups excluding carboxylic acids is 1. The highest BCUT2D eigenvalue weighted by Gasteiger charge is 2.30. The van der Waals surface area contributed by atoms with Gasteiger partial charge in [0.25, 0.3) is 0 Å². The van der Waals surface area contributed by atoms with E-state index in [1.807, 2.05) is 0 Å². The number of phenolic OH excluding ortho intramolecular Hbond substituents is 1. The lowest BCUT2D eigenvalue weighted by Gasteiger charge is -2.18. The molecule has 2 rings (SSSR count). The van der Waals surface area contributed by atoms with E-state index in [2.05, 4.69) is 6.58 Å². The zero-order valence-corrected chi connectivity index (χ0v) is 10.5. The summed E-state index contributed by atoms with van der Waals surface area (Å²) >= 11 is 11.8. The van der Waals surface area contributed by atoms with Crippen molar-refractivity contribution in [3.63, 3.8) is 0 Å². The van der Waals surface area contributed by atoms with E-state index in [9.17, 15) is 9.90 Å². The predicted octanol–water partition coefficient (Wildman–Crippen LogP) is 3.24. The van der Waals surface area contributed by atoms with Crippen LogP contribution >= 0.6 is 23.2 Å². The summed E-state index contributed by atoms with van der Waals surface area (Å²) in [6, 6.07) is 2.84. The molecule has 1 unspecified atom stereocenters. The topological polar surface area (TPSA) is 40.5 Å². The molecule has 0 spiro atoms.